The molecule has 0 aliphatic heterocycles. The summed E-state index contributed by atoms with van der Waals surface area (Å²) in [6.07, 6.45) is 0.635. The smallest absolute Gasteiger partial charge is 0.331 e. The molecule has 0 aliphatic carbocycles. The number of carboxylic acids is 1. The summed E-state index contributed by atoms with van der Waals surface area (Å²) in [6, 6.07) is 14.4. The van der Waals surface area contributed by atoms with Gasteiger partial charge in [0.1, 0.15) is 11.5 Å². The molecule has 0 spiro atoms. The monoisotopic (exact) mass is 416 g/mol. The van der Waals surface area contributed by atoms with Gasteiger partial charge in [-0.3, -0.25) is 0 Å². The summed E-state index contributed by atoms with van der Waals surface area (Å²) in [5.74, 6) is -0.493. The average molecular weight is 417 g/mol. The molecule has 0 aromatic heterocycles. The highest BCUT2D eigenvalue weighted by atomic mass is 16.4. The lowest BCUT2D eigenvalue weighted by atomic mass is 9.78. The summed E-state index contributed by atoms with van der Waals surface area (Å²) in [6.45, 7) is 7.34. The molecule has 6 nitrogen and oxygen atoms in total. The van der Waals surface area contributed by atoms with E-state index in [0.717, 1.165) is 11.1 Å². The van der Waals surface area contributed by atoms with Crippen LogP contribution in [0.15, 0.2) is 60.2 Å². The average Bonchev–Trinajstić information content (AvgIpc) is 2.66. The van der Waals surface area contributed by atoms with Gasteiger partial charge in [-0.2, -0.15) is 0 Å². The van der Waals surface area contributed by atoms with Crippen molar-refractivity contribution in [3.05, 3.63) is 71.3 Å². The van der Waals surface area contributed by atoms with E-state index in [1.165, 1.54) is 13.0 Å². The van der Waals surface area contributed by atoms with Crippen molar-refractivity contribution in [3.63, 3.8) is 0 Å². The molecule has 2 aromatic rings. The predicted molar refractivity (Wildman–Crippen MR) is 117 cm³/mol. The first-order valence-electron chi connectivity index (χ1n) is 9.81. The second-order valence-electron chi connectivity index (χ2n) is 7.89. The van der Waals surface area contributed by atoms with Crippen molar-refractivity contribution in [2.24, 2.45) is 0 Å². The van der Waals surface area contributed by atoms with Crippen molar-refractivity contribution in [1.82, 2.24) is 0 Å². The van der Waals surface area contributed by atoms with Crippen molar-refractivity contribution >= 4 is 5.97 Å². The van der Waals surface area contributed by atoms with Crippen LogP contribution in [0.4, 0.5) is 0 Å². The molecule has 30 heavy (non-hydrogen) atoms. The number of aliphatic carboxylic acids is 1. The molecule has 0 radical (unpaired) electrons. The van der Waals surface area contributed by atoms with Gasteiger partial charge in [0.05, 0.1) is 12.2 Å². The Morgan fingerprint density at radius 1 is 0.867 bits per heavy atom. The van der Waals surface area contributed by atoms with E-state index < -0.39 is 18.2 Å². The highest BCUT2D eigenvalue weighted by molar-refractivity contribution is 5.86. The first kappa shape index (κ1) is 25.2. The van der Waals surface area contributed by atoms with Gasteiger partial charge in [0.2, 0.25) is 0 Å². The molecule has 0 saturated heterocycles. The third kappa shape index (κ3) is 8.27. The first-order valence-corrected chi connectivity index (χ1v) is 9.81. The fourth-order valence-electron chi connectivity index (χ4n) is 2.81. The number of phenolic OH excluding ortho intramolecular Hbond substituents is 2. The van der Waals surface area contributed by atoms with E-state index in [1.54, 1.807) is 31.2 Å². The number of hydrogen-bond donors (Lipinski definition) is 5. The maximum Gasteiger partial charge on any atom is 0.331 e. The molecule has 0 bridgehead atoms. The van der Waals surface area contributed by atoms with Gasteiger partial charge in [0, 0.05) is 17.4 Å². The zero-order chi connectivity index (χ0) is 22.9. The zero-order valence-corrected chi connectivity index (χ0v) is 17.9. The fourth-order valence-corrected chi connectivity index (χ4v) is 2.81. The molecule has 6 heteroatoms. The van der Waals surface area contributed by atoms with Gasteiger partial charge >= 0.3 is 5.97 Å². The van der Waals surface area contributed by atoms with Gasteiger partial charge in [-0.25, -0.2) is 4.79 Å². The van der Waals surface area contributed by atoms with Crippen LogP contribution in [0.1, 0.15) is 51.7 Å². The maximum absolute atomic E-state index is 10.6. The van der Waals surface area contributed by atoms with Crippen LogP contribution in [0, 0.1) is 0 Å². The Hall–Kier alpha value is -2.83. The first-order chi connectivity index (χ1) is 13.9. The molecule has 2 unspecified atom stereocenters. The lowest BCUT2D eigenvalue weighted by Crippen LogP contribution is -2.18. The number of rotatable bonds is 7. The number of aliphatic hydroxyl groups excluding tert-OH is 2. The number of benzene rings is 2. The van der Waals surface area contributed by atoms with Crippen molar-refractivity contribution < 1.29 is 30.3 Å². The largest absolute Gasteiger partial charge is 0.508 e. The van der Waals surface area contributed by atoms with Gasteiger partial charge in [-0.15, -0.1) is 0 Å². The minimum absolute atomic E-state index is 0.113. The van der Waals surface area contributed by atoms with Crippen LogP contribution in [0.25, 0.3) is 0 Å². The van der Waals surface area contributed by atoms with Crippen LogP contribution in [0.3, 0.4) is 0 Å². The van der Waals surface area contributed by atoms with E-state index in [-0.39, 0.29) is 28.9 Å². The fraction of sp³-hybridized carbons (Fsp3) is 0.375. The van der Waals surface area contributed by atoms with E-state index in [9.17, 15) is 15.0 Å². The molecule has 0 amide bonds. The van der Waals surface area contributed by atoms with E-state index in [2.05, 4.69) is 13.8 Å². The van der Waals surface area contributed by atoms with Crippen molar-refractivity contribution in [3.8, 4) is 11.5 Å². The second-order valence-corrected chi connectivity index (χ2v) is 7.89. The molecular formula is C24H32O6. The number of hydrogen-bond acceptors (Lipinski definition) is 5. The van der Waals surface area contributed by atoms with E-state index in [1.807, 2.05) is 24.3 Å². The van der Waals surface area contributed by atoms with Crippen molar-refractivity contribution in [1.29, 1.82) is 0 Å². The minimum Gasteiger partial charge on any atom is -0.508 e. The van der Waals surface area contributed by atoms with Gasteiger partial charge in [-0.1, -0.05) is 44.2 Å². The standard InChI is InChI=1S/C15H16O2.C9H16O4/c1-15(2,11-3-7-13(16)8-4-11)12-5-9-14(17)10-6-12;1-6(10)3-4-8(9(12)13)5-7(2)11/h3-10,16-17H,1-2H3;4,6-7,10-11H,3,5H2,1-2H3,(H,12,13). The normalized spacial score (nSPS) is 13.7. The second kappa shape index (κ2) is 11.4. The SMILES string of the molecule is CC(C)(c1ccc(O)cc1)c1ccc(O)cc1.CC(O)CC=C(CC(C)O)C(=O)O. The molecule has 0 heterocycles. The molecule has 0 aliphatic rings. The van der Waals surface area contributed by atoms with Crippen LogP contribution < -0.4 is 0 Å². The van der Waals surface area contributed by atoms with E-state index >= 15 is 0 Å². The third-order valence-corrected chi connectivity index (χ3v) is 4.67. The summed E-state index contributed by atoms with van der Waals surface area (Å²) in [7, 11) is 0. The van der Waals surface area contributed by atoms with Gasteiger partial charge < -0.3 is 25.5 Å². The lowest BCUT2D eigenvalue weighted by molar-refractivity contribution is -0.133. The summed E-state index contributed by atoms with van der Waals surface area (Å²) in [5.41, 5.74) is 2.25. The quantitative estimate of drug-likeness (QED) is 0.436. The minimum atomic E-state index is -1.04. The summed E-state index contributed by atoms with van der Waals surface area (Å²) in [5, 5.41) is 45.2. The Labute approximate surface area is 177 Å². The highest BCUT2D eigenvalue weighted by Gasteiger charge is 2.22. The number of carboxylic acid groups (broad SMARTS) is 1. The topological polar surface area (TPSA) is 118 Å². The Bertz CT molecular complexity index is 770. The zero-order valence-electron chi connectivity index (χ0n) is 17.9. The maximum atomic E-state index is 10.6. The highest BCUT2D eigenvalue weighted by Crippen LogP contribution is 2.32. The van der Waals surface area contributed by atoms with Crippen LogP contribution in [-0.2, 0) is 10.2 Å². The van der Waals surface area contributed by atoms with E-state index in [4.69, 9.17) is 15.3 Å². The Balaban J connectivity index is 0.000000314. The van der Waals surface area contributed by atoms with Crippen LogP contribution in [0.5, 0.6) is 11.5 Å². The Kier molecular flexibility index (Phi) is 9.56. The molecule has 2 rings (SSSR count). The number of aliphatic hydroxyl groups is 2. The Morgan fingerprint density at radius 3 is 1.57 bits per heavy atom. The number of carbonyl (C=O) groups is 1. The Morgan fingerprint density at radius 2 is 1.27 bits per heavy atom. The summed E-state index contributed by atoms with van der Waals surface area (Å²) in [4.78, 5) is 10.6. The summed E-state index contributed by atoms with van der Waals surface area (Å²) >= 11 is 0. The van der Waals surface area contributed by atoms with E-state index in [0.29, 0.717) is 6.42 Å². The van der Waals surface area contributed by atoms with Gasteiger partial charge in [0.25, 0.3) is 0 Å². The summed E-state index contributed by atoms with van der Waals surface area (Å²) < 4.78 is 0. The molecule has 2 atom stereocenters. The molecule has 0 saturated carbocycles. The third-order valence-electron chi connectivity index (χ3n) is 4.67. The van der Waals surface area contributed by atoms with Gasteiger partial charge in [0.15, 0.2) is 0 Å². The predicted octanol–water partition coefficient (Wildman–Crippen LogP) is 3.96. The van der Waals surface area contributed by atoms with Crippen LogP contribution in [-0.4, -0.2) is 43.7 Å². The van der Waals surface area contributed by atoms with Gasteiger partial charge in [-0.05, 0) is 55.7 Å². The van der Waals surface area contributed by atoms with Crippen LogP contribution in [0.2, 0.25) is 0 Å². The van der Waals surface area contributed by atoms with Crippen molar-refractivity contribution in [2.45, 2.75) is 58.2 Å². The molecule has 164 valence electrons. The molecule has 2 aromatic carbocycles. The molecule has 5 N–H and O–H groups in total. The number of aromatic hydroxyl groups is 2. The number of phenols is 2. The molecule has 0 fully saturated rings. The van der Waals surface area contributed by atoms with Crippen molar-refractivity contribution in [2.75, 3.05) is 0 Å². The molecular weight excluding hydrogens is 384 g/mol. The lowest BCUT2D eigenvalue weighted by Gasteiger charge is -2.26. The van der Waals surface area contributed by atoms with Crippen LogP contribution >= 0.6 is 0 Å².